The highest BCUT2D eigenvalue weighted by Gasteiger charge is 2.39. The molecule has 96 valence electrons. The van der Waals surface area contributed by atoms with Gasteiger partial charge in [0.05, 0.1) is 10.7 Å². The van der Waals surface area contributed by atoms with Gasteiger partial charge in [-0.3, -0.25) is 4.68 Å². The standard InChI is InChI=1S/C11H7ClF4N2/c1-18-9(6-4-2-3-5-7(6)13)8(12)10(17-18)11(14,15)16/h2-5H,1H3. The minimum Gasteiger partial charge on any atom is -0.266 e. The van der Waals surface area contributed by atoms with Crippen LogP contribution in [0.3, 0.4) is 0 Å². The van der Waals surface area contributed by atoms with E-state index in [4.69, 9.17) is 11.6 Å². The van der Waals surface area contributed by atoms with Crippen molar-refractivity contribution in [3.63, 3.8) is 0 Å². The van der Waals surface area contributed by atoms with Crippen molar-refractivity contribution in [1.82, 2.24) is 9.78 Å². The lowest BCUT2D eigenvalue weighted by molar-refractivity contribution is -0.141. The molecule has 0 saturated carbocycles. The molecule has 0 saturated heterocycles. The maximum absolute atomic E-state index is 13.6. The first-order valence-electron chi connectivity index (χ1n) is 4.87. The number of aromatic nitrogens is 2. The summed E-state index contributed by atoms with van der Waals surface area (Å²) in [5.41, 5.74) is -1.33. The van der Waals surface area contributed by atoms with E-state index in [9.17, 15) is 17.6 Å². The average molecular weight is 279 g/mol. The molecule has 0 aliphatic rings. The quantitative estimate of drug-likeness (QED) is 0.724. The van der Waals surface area contributed by atoms with Crippen molar-refractivity contribution in [2.75, 3.05) is 0 Å². The van der Waals surface area contributed by atoms with Gasteiger partial charge in [0.1, 0.15) is 5.82 Å². The van der Waals surface area contributed by atoms with Crippen LogP contribution in [0.2, 0.25) is 5.02 Å². The molecule has 0 fully saturated rings. The maximum Gasteiger partial charge on any atom is 0.436 e. The normalized spacial score (nSPS) is 11.9. The van der Waals surface area contributed by atoms with E-state index in [2.05, 4.69) is 5.10 Å². The molecule has 1 aromatic carbocycles. The first-order valence-corrected chi connectivity index (χ1v) is 5.24. The number of alkyl halides is 3. The van der Waals surface area contributed by atoms with E-state index < -0.39 is 22.7 Å². The minimum absolute atomic E-state index is 0.0204. The summed E-state index contributed by atoms with van der Waals surface area (Å²) in [4.78, 5) is 0. The summed E-state index contributed by atoms with van der Waals surface area (Å²) in [6.45, 7) is 0. The van der Waals surface area contributed by atoms with Crippen molar-refractivity contribution in [3.8, 4) is 11.3 Å². The van der Waals surface area contributed by atoms with Crippen LogP contribution in [-0.4, -0.2) is 9.78 Å². The highest BCUT2D eigenvalue weighted by Crippen LogP contribution is 2.39. The number of benzene rings is 1. The Labute approximate surface area is 105 Å². The van der Waals surface area contributed by atoms with Crippen LogP contribution in [0.5, 0.6) is 0 Å². The van der Waals surface area contributed by atoms with Crippen molar-refractivity contribution in [2.24, 2.45) is 7.05 Å². The fraction of sp³-hybridized carbons (Fsp3) is 0.182. The predicted molar refractivity (Wildman–Crippen MR) is 58.6 cm³/mol. The Morgan fingerprint density at radius 1 is 1.22 bits per heavy atom. The topological polar surface area (TPSA) is 17.8 Å². The highest BCUT2D eigenvalue weighted by atomic mass is 35.5. The molecule has 1 aromatic heterocycles. The Balaban J connectivity index is 2.67. The van der Waals surface area contributed by atoms with Crippen molar-refractivity contribution in [3.05, 3.63) is 40.8 Å². The van der Waals surface area contributed by atoms with Gasteiger partial charge in [0, 0.05) is 12.6 Å². The van der Waals surface area contributed by atoms with Crippen molar-refractivity contribution in [2.45, 2.75) is 6.18 Å². The Hall–Kier alpha value is -1.56. The van der Waals surface area contributed by atoms with Crippen LogP contribution < -0.4 is 0 Å². The second-order valence-electron chi connectivity index (χ2n) is 3.61. The van der Waals surface area contributed by atoms with Gasteiger partial charge in [0.2, 0.25) is 0 Å². The van der Waals surface area contributed by atoms with Crippen LogP contribution in [0.1, 0.15) is 5.69 Å². The third-order valence-electron chi connectivity index (χ3n) is 2.39. The van der Waals surface area contributed by atoms with Crippen LogP contribution in [0.4, 0.5) is 17.6 Å². The number of rotatable bonds is 1. The second kappa shape index (κ2) is 4.28. The van der Waals surface area contributed by atoms with Crippen LogP contribution in [0, 0.1) is 5.82 Å². The van der Waals surface area contributed by atoms with Gasteiger partial charge in [-0.05, 0) is 12.1 Å². The third-order valence-corrected chi connectivity index (χ3v) is 2.74. The molecule has 0 spiro atoms. The number of halogens is 5. The van der Waals surface area contributed by atoms with Gasteiger partial charge in [0.15, 0.2) is 5.69 Å². The van der Waals surface area contributed by atoms with Gasteiger partial charge in [0.25, 0.3) is 0 Å². The third kappa shape index (κ3) is 2.08. The molecule has 18 heavy (non-hydrogen) atoms. The monoisotopic (exact) mass is 278 g/mol. The summed E-state index contributed by atoms with van der Waals surface area (Å²) >= 11 is 5.65. The summed E-state index contributed by atoms with van der Waals surface area (Å²) in [5.74, 6) is -0.656. The molecular weight excluding hydrogens is 272 g/mol. The zero-order chi connectivity index (χ0) is 13.5. The smallest absolute Gasteiger partial charge is 0.266 e. The van der Waals surface area contributed by atoms with Crippen LogP contribution in [0.15, 0.2) is 24.3 Å². The van der Waals surface area contributed by atoms with E-state index >= 15 is 0 Å². The lowest BCUT2D eigenvalue weighted by atomic mass is 10.1. The zero-order valence-corrected chi connectivity index (χ0v) is 9.85. The van der Waals surface area contributed by atoms with E-state index in [0.29, 0.717) is 0 Å². The van der Waals surface area contributed by atoms with E-state index in [1.54, 1.807) is 0 Å². The van der Waals surface area contributed by atoms with E-state index in [0.717, 1.165) is 10.7 Å². The fourth-order valence-corrected chi connectivity index (χ4v) is 1.99. The van der Waals surface area contributed by atoms with Gasteiger partial charge in [-0.15, -0.1) is 0 Å². The van der Waals surface area contributed by atoms with Gasteiger partial charge < -0.3 is 0 Å². The number of nitrogens with zero attached hydrogens (tertiary/aromatic N) is 2. The van der Waals surface area contributed by atoms with Crippen LogP contribution in [-0.2, 0) is 13.2 Å². The molecule has 0 N–H and O–H groups in total. The lowest BCUT2D eigenvalue weighted by Gasteiger charge is -2.04. The molecule has 2 aromatic rings. The molecular formula is C11H7ClF4N2. The van der Waals surface area contributed by atoms with Gasteiger partial charge >= 0.3 is 6.18 Å². The van der Waals surface area contributed by atoms with Crippen molar-refractivity contribution < 1.29 is 17.6 Å². The molecule has 0 radical (unpaired) electrons. The number of hydrogen-bond donors (Lipinski definition) is 0. The lowest BCUT2D eigenvalue weighted by Crippen LogP contribution is -2.07. The van der Waals surface area contributed by atoms with E-state index in [1.165, 1.54) is 25.2 Å². The van der Waals surface area contributed by atoms with Crippen LogP contribution >= 0.6 is 11.6 Å². The summed E-state index contributed by atoms with van der Waals surface area (Å²) in [5, 5.41) is 2.69. The summed E-state index contributed by atoms with van der Waals surface area (Å²) < 4.78 is 52.3. The molecule has 7 heteroatoms. The molecule has 0 bridgehead atoms. The molecule has 0 amide bonds. The molecule has 1 heterocycles. The summed E-state index contributed by atoms with van der Waals surface area (Å²) in [6, 6.07) is 5.44. The Bertz CT molecular complexity index is 589. The molecule has 0 aliphatic carbocycles. The van der Waals surface area contributed by atoms with Crippen molar-refractivity contribution in [1.29, 1.82) is 0 Å². The first kappa shape index (κ1) is 12.9. The summed E-state index contributed by atoms with van der Waals surface area (Å²) in [6.07, 6.45) is -4.67. The maximum atomic E-state index is 13.6. The molecule has 0 atom stereocenters. The summed E-state index contributed by atoms with van der Waals surface area (Å²) in [7, 11) is 1.28. The molecule has 0 aliphatic heterocycles. The highest BCUT2D eigenvalue weighted by molar-refractivity contribution is 6.33. The minimum atomic E-state index is -4.67. The number of aryl methyl sites for hydroxylation is 1. The fourth-order valence-electron chi connectivity index (χ4n) is 1.63. The Morgan fingerprint density at radius 2 is 1.83 bits per heavy atom. The molecule has 0 unspecified atom stereocenters. The van der Waals surface area contributed by atoms with Gasteiger partial charge in [-0.1, -0.05) is 23.7 Å². The Morgan fingerprint density at radius 3 is 2.33 bits per heavy atom. The van der Waals surface area contributed by atoms with E-state index in [1.807, 2.05) is 0 Å². The second-order valence-corrected chi connectivity index (χ2v) is 3.99. The van der Waals surface area contributed by atoms with E-state index in [-0.39, 0.29) is 11.3 Å². The Kier molecular flexibility index (Phi) is 3.06. The van der Waals surface area contributed by atoms with Gasteiger partial charge in [-0.2, -0.15) is 18.3 Å². The van der Waals surface area contributed by atoms with Gasteiger partial charge in [-0.25, -0.2) is 4.39 Å². The largest absolute Gasteiger partial charge is 0.436 e. The SMILES string of the molecule is Cn1nc(C(F)(F)F)c(Cl)c1-c1ccccc1F. The van der Waals surface area contributed by atoms with Crippen LogP contribution in [0.25, 0.3) is 11.3 Å². The molecule has 2 nitrogen and oxygen atoms in total. The molecule has 2 rings (SSSR count). The first-order chi connectivity index (χ1) is 8.32. The predicted octanol–water partition coefficient (Wildman–Crippen LogP) is 3.90. The van der Waals surface area contributed by atoms with Crippen molar-refractivity contribution >= 4 is 11.6 Å². The number of hydrogen-bond acceptors (Lipinski definition) is 1. The zero-order valence-electron chi connectivity index (χ0n) is 9.09. The average Bonchev–Trinajstić information content (AvgIpc) is 2.55.